The Morgan fingerprint density at radius 2 is 0.964 bits per heavy atom. The molecule has 0 aromatic heterocycles. The van der Waals surface area contributed by atoms with E-state index in [1.54, 1.807) is 0 Å². The molecule has 0 amide bonds. The molecule has 0 fully saturated rings. The number of esters is 2. The Balaban J connectivity index is 4.41. The zero-order valence-corrected chi connectivity index (χ0v) is 37.5. The highest BCUT2D eigenvalue weighted by Crippen LogP contribution is 2.43. The van der Waals surface area contributed by atoms with Gasteiger partial charge < -0.3 is 18.9 Å². The fraction of sp³-hybridized carbons (Fsp3) is 0.783. The van der Waals surface area contributed by atoms with Crippen molar-refractivity contribution < 1.29 is 42.1 Å². The number of quaternary nitrogens is 1. The van der Waals surface area contributed by atoms with Crippen molar-refractivity contribution in [2.24, 2.45) is 0 Å². The summed E-state index contributed by atoms with van der Waals surface area (Å²) < 4.78 is 34.3. The van der Waals surface area contributed by atoms with Gasteiger partial charge in [-0.25, -0.2) is 4.57 Å². The Labute approximate surface area is 343 Å². The molecule has 0 rings (SSSR count). The normalized spacial score (nSPS) is 14.0. The number of phosphoric ester groups is 1. The first-order chi connectivity index (χ1) is 27.0. The van der Waals surface area contributed by atoms with Crippen molar-refractivity contribution in [2.75, 3.05) is 47.5 Å². The van der Waals surface area contributed by atoms with Crippen LogP contribution in [0.4, 0.5) is 0 Å². The van der Waals surface area contributed by atoms with Crippen LogP contribution in [-0.2, 0) is 32.7 Å². The van der Waals surface area contributed by atoms with E-state index in [0.717, 1.165) is 70.6 Å². The summed E-state index contributed by atoms with van der Waals surface area (Å²) in [5.74, 6) is -0.830. The average Bonchev–Trinajstić information content (AvgIpc) is 3.15. The number of nitrogens with zero attached hydrogens (tertiary/aromatic N) is 1. The maximum Gasteiger partial charge on any atom is 0.472 e. The van der Waals surface area contributed by atoms with Crippen LogP contribution in [0.5, 0.6) is 0 Å². The molecule has 56 heavy (non-hydrogen) atoms. The fourth-order valence-corrected chi connectivity index (χ4v) is 6.52. The molecule has 0 radical (unpaired) electrons. The molecule has 9 nitrogen and oxygen atoms in total. The second kappa shape index (κ2) is 38.5. The van der Waals surface area contributed by atoms with Gasteiger partial charge in [0.05, 0.1) is 27.7 Å². The molecule has 0 saturated carbocycles. The lowest BCUT2D eigenvalue weighted by atomic mass is 10.1. The van der Waals surface area contributed by atoms with Crippen molar-refractivity contribution in [1.29, 1.82) is 0 Å². The van der Waals surface area contributed by atoms with E-state index in [0.29, 0.717) is 17.4 Å². The largest absolute Gasteiger partial charge is 0.472 e. The van der Waals surface area contributed by atoms with Crippen LogP contribution in [0.3, 0.4) is 0 Å². The summed E-state index contributed by atoms with van der Waals surface area (Å²) >= 11 is 0. The third kappa shape index (κ3) is 41.6. The van der Waals surface area contributed by atoms with Crippen LogP contribution >= 0.6 is 7.82 Å². The summed E-state index contributed by atoms with van der Waals surface area (Å²) in [7, 11) is 1.45. The molecule has 0 aliphatic carbocycles. The van der Waals surface area contributed by atoms with Gasteiger partial charge in [-0.05, 0) is 77.0 Å². The van der Waals surface area contributed by atoms with Gasteiger partial charge in [0.2, 0.25) is 0 Å². The summed E-state index contributed by atoms with van der Waals surface area (Å²) in [5.41, 5.74) is 0. The molecule has 0 aliphatic rings. The van der Waals surface area contributed by atoms with Gasteiger partial charge in [0.15, 0.2) is 6.10 Å². The minimum atomic E-state index is -4.38. The third-order valence-corrected chi connectivity index (χ3v) is 10.3. The van der Waals surface area contributed by atoms with Crippen LogP contribution in [0.25, 0.3) is 0 Å². The molecule has 0 aromatic carbocycles. The number of phosphoric acid groups is 1. The van der Waals surface area contributed by atoms with Crippen molar-refractivity contribution in [2.45, 2.75) is 187 Å². The molecular weight excluding hydrogens is 725 g/mol. The zero-order valence-electron chi connectivity index (χ0n) is 36.6. The summed E-state index contributed by atoms with van der Waals surface area (Å²) in [6.45, 7) is 4.35. The molecular formula is C46H85NO8P+. The van der Waals surface area contributed by atoms with E-state index in [1.165, 1.54) is 77.0 Å². The van der Waals surface area contributed by atoms with Crippen molar-refractivity contribution in [3.8, 4) is 0 Å². The van der Waals surface area contributed by atoms with Crippen LogP contribution in [-0.4, -0.2) is 74.9 Å². The first kappa shape index (κ1) is 54.0. The summed E-state index contributed by atoms with van der Waals surface area (Å²) in [5, 5.41) is 0. The average molecular weight is 811 g/mol. The first-order valence-electron chi connectivity index (χ1n) is 22.4. The van der Waals surface area contributed by atoms with Crippen LogP contribution in [0, 0.1) is 0 Å². The number of carbonyl (C=O) groups is 2. The van der Waals surface area contributed by atoms with Crippen LogP contribution < -0.4 is 0 Å². The maximum atomic E-state index is 12.7. The molecule has 0 bridgehead atoms. The molecule has 0 spiro atoms. The molecule has 2 atom stereocenters. The maximum absolute atomic E-state index is 12.7. The van der Waals surface area contributed by atoms with E-state index in [1.807, 2.05) is 21.1 Å². The van der Waals surface area contributed by atoms with Gasteiger partial charge in [-0.15, -0.1) is 0 Å². The zero-order chi connectivity index (χ0) is 41.4. The van der Waals surface area contributed by atoms with Gasteiger partial charge in [-0.3, -0.25) is 18.6 Å². The SMILES string of the molecule is CCCCC/C=C/C/C=C/C/C=C/CCCCCCC(=O)O[C@H](COC(=O)CCCCCCCCC/C=C/CCCCCC)COP(=O)(O)OCC[N+](C)(C)C. The van der Waals surface area contributed by atoms with Gasteiger partial charge in [0.1, 0.15) is 19.8 Å². The third-order valence-electron chi connectivity index (χ3n) is 9.33. The highest BCUT2D eigenvalue weighted by Gasteiger charge is 2.27. The van der Waals surface area contributed by atoms with E-state index in [4.69, 9.17) is 18.5 Å². The molecule has 0 aliphatic heterocycles. The highest BCUT2D eigenvalue weighted by atomic mass is 31.2. The Bertz CT molecular complexity index is 1100. The first-order valence-corrected chi connectivity index (χ1v) is 23.9. The summed E-state index contributed by atoms with van der Waals surface area (Å²) in [6, 6.07) is 0. The predicted octanol–water partition coefficient (Wildman–Crippen LogP) is 12.7. The lowest BCUT2D eigenvalue weighted by molar-refractivity contribution is -0.870. The van der Waals surface area contributed by atoms with Crippen molar-refractivity contribution in [1.82, 2.24) is 0 Å². The molecule has 1 unspecified atom stereocenters. The number of likely N-dealkylation sites (N-methyl/N-ethyl adjacent to an activating group) is 1. The summed E-state index contributed by atoms with van der Waals surface area (Å²) in [6.07, 6.45) is 44.4. The number of carbonyl (C=O) groups excluding carboxylic acids is 2. The Morgan fingerprint density at radius 1 is 0.554 bits per heavy atom. The topological polar surface area (TPSA) is 108 Å². The Morgan fingerprint density at radius 3 is 1.48 bits per heavy atom. The van der Waals surface area contributed by atoms with E-state index >= 15 is 0 Å². The van der Waals surface area contributed by atoms with Gasteiger partial charge in [0.25, 0.3) is 0 Å². The number of unbranched alkanes of at least 4 members (excludes halogenated alkanes) is 18. The predicted molar refractivity (Wildman–Crippen MR) is 233 cm³/mol. The molecule has 0 aromatic rings. The number of ether oxygens (including phenoxy) is 2. The number of rotatable bonds is 40. The lowest BCUT2D eigenvalue weighted by Crippen LogP contribution is -2.37. The molecule has 1 N–H and O–H groups in total. The Hall–Kier alpha value is -2.03. The second-order valence-corrected chi connectivity index (χ2v) is 17.5. The van der Waals surface area contributed by atoms with Gasteiger partial charge >= 0.3 is 19.8 Å². The minimum Gasteiger partial charge on any atom is -0.462 e. The van der Waals surface area contributed by atoms with Gasteiger partial charge in [-0.2, -0.15) is 0 Å². The number of allylic oxidation sites excluding steroid dienone is 8. The Kier molecular flexibility index (Phi) is 37.1. The molecule has 326 valence electrons. The van der Waals surface area contributed by atoms with E-state index in [2.05, 4.69) is 62.5 Å². The van der Waals surface area contributed by atoms with Crippen LogP contribution in [0.15, 0.2) is 48.6 Å². The number of hydrogen-bond acceptors (Lipinski definition) is 7. The summed E-state index contributed by atoms with van der Waals surface area (Å²) in [4.78, 5) is 35.4. The number of hydrogen-bond donors (Lipinski definition) is 1. The quantitative estimate of drug-likeness (QED) is 0.0214. The fourth-order valence-electron chi connectivity index (χ4n) is 5.78. The van der Waals surface area contributed by atoms with Crippen LogP contribution in [0.1, 0.15) is 181 Å². The van der Waals surface area contributed by atoms with Gasteiger partial charge in [-0.1, -0.05) is 140 Å². The molecule has 0 heterocycles. The second-order valence-electron chi connectivity index (χ2n) is 16.1. The monoisotopic (exact) mass is 811 g/mol. The molecule has 10 heteroatoms. The minimum absolute atomic E-state index is 0.0251. The smallest absolute Gasteiger partial charge is 0.462 e. The van der Waals surface area contributed by atoms with E-state index < -0.39 is 26.5 Å². The van der Waals surface area contributed by atoms with Crippen molar-refractivity contribution in [3.05, 3.63) is 48.6 Å². The van der Waals surface area contributed by atoms with Crippen molar-refractivity contribution >= 4 is 19.8 Å². The highest BCUT2D eigenvalue weighted by molar-refractivity contribution is 7.47. The van der Waals surface area contributed by atoms with Gasteiger partial charge in [0, 0.05) is 12.8 Å². The van der Waals surface area contributed by atoms with E-state index in [-0.39, 0.29) is 32.0 Å². The van der Waals surface area contributed by atoms with E-state index in [9.17, 15) is 19.0 Å². The standard InChI is InChI=1S/C46H84NO8P/c1-6-8-10-12-14-16-18-20-22-23-25-27-29-31-33-35-37-39-46(49)55-44(43-54-56(50,51)53-41-40-47(3,4)5)42-52-45(48)38-36-34-32-30-28-26-24-21-19-17-15-13-11-9-7-2/h14,16-17,19-20,22,25,27,44H,6-13,15,18,21,23-24,26,28-43H2,1-5H3/p+1/b16-14+,19-17+,22-20+,27-25+/t44-/m1/s1. The van der Waals surface area contributed by atoms with Crippen molar-refractivity contribution in [3.63, 3.8) is 0 Å². The van der Waals surface area contributed by atoms with Crippen LogP contribution in [0.2, 0.25) is 0 Å². The lowest BCUT2D eigenvalue weighted by Gasteiger charge is -2.24. The molecule has 0 saturated heterocycles.